The van der Waals surface area contributed by atoms with Crippen LogP contribution >= 0.6 is 0 Å². The van der Waals surface area contributed by atoms with E-state index in [1.807, 2.05) is 0 Å². The second-order valence-corrected chi connectivity index (χ2v) is 6.31. The molecular formula is C21H27NO3. The van der Waals surface area contributed by atoms with Gasteiger partial charge < -0.3 is 19.5 Å². The standard InChI is InChI=1S/C21H27NO3/c1-4-5-12-25-17-8-6-15(7-9-17)21-18-14-20(24-3)19(23-2)13-16(18)10-11-22-21/h6-9,13-14,21-22H,4-5,10-12H2,1-3H3. The Kier molecular flexibility index (Phi) is 5.82. The van der Waals surface area contributed by atoms with E-state index in [9.17, 15) is 0 Å². The van der Waals surface area contributed by atoms with Crippen LogP contribution in [-0.4, -0.2) is 27.4 Å². The van der Waals surface area contributed by atoms with E-state index in [1.54, 1.807) is 14.2 Å². The monoisotopic (exact) mass is 341 g/mol. The highest BCUT2D eigenvalue weighted by molar-refractivity contribution is 5.51. The van der Waals surface area contributed by atoms with Gasteiger partial charge in [-0.15, -0.1) is 0 Å². The Morgan fingerprint density at radius 3 is 2.44 bits per heavy atom. The molecule has 25 heavy (non-hydrogen) atoms. The van der Waals surface area contributed by atoms with Crippen molar-refractivity contribution in [2.45, 2.75) is 32.2 Å². The number of unbranched alkanes of at least 4 members (excludes halogenated alkanes) is 1. The van der Waals surface area contributed by atoms with E-state index < -0.39 is 0 Å². The van der Waals surface area contributed by atoms with Crippen LogP contribution in [0, 0.1) is 0 Å². The minimum absolute atomic E-state index is 0.160. The number of rotatable bonds is 7. The molecule has 0 aliphatic carbocycles. The molecule has 1 aliphatic rings. The molecule has 1 aliphatic heterocycles. The third-order valence-electron chi connectivity index (χ3n) is 4.68. The molecule has 0 bridgehead atoms. The molecule has 0 fully saturated rings. The van der Waals surface area contributed by atoms with Crippen molar-refractivity contribution in [1.29, 1.82) is 0 Å². The lowest BCUT2D eigenvalue weighted by molar-refractivity contribution is 0.309. The van der Waals surface area contributed by atoms with Crippen LogP contribution in [0.25, 0.3) is 0 Å². The fourth-order valence-electron chi connectivity index (χ4n) is 3.27. The van der Waals surface area contributed by atoms with Crippen LogP contribution in [0.15, 0.2) is 36.4 Å². The zero-order valence-electron chi connectivity index (χ0n) is 15.3. The number of methoxy groups -OCH3 is 2. The number of fused-ring (bicyclic) bond motifs is 1. The van der Waals surface area contributed by atoms with E-state index in [4.69, 9.17) is 14.2 Å². The van der Waals surface area contributed by atoms with Crippen molar-refractivity contribution in [3.05, 3.63) is 53.1 Å². The summed E-state index contributed by atoms with van der Waals surface area (Å²) in [7, 11) is 3.36. The van der Waals surface area contributed by atoms with Gasteiger partial charge in [0.15, 0.2) is 11.5 Å². The number of hydrogen-bond donors (Lipinski definition) is 1. The molecule has 0 radical (unpaired) electrons. The molecule has 1 unspecified atom stereocenters. The van der Waals surface area contributed by atoms with Crippen molar-refractivity contribution in [3.63, 3.8) is 0 Å². The second kappa shape index (κ2) is 8.26. The summed E-state index contributed by atoms with van der Waals surface area (Å²) < 4.78 is 16.7. The van der Waals surface area contributed by atoms with E-state index in [0.29, 0.717) is 0 Å². The summed E-state index contributed by atoms with van der Waals surface area (Å²) in [5.74, 6) is 2.50. The van der Waals surface area contributed by atoms with Gasteiger partial charge in [-0.1, -0.05) is 25.5 Å². The summed E-state index contributed by atoms with van der Waals surface area (Å²) in [6.45, 7) is 3.89. The van der Waals surface area contributed by atoms with Gasteiger partial charge in [0, 0.05) is 6.54 Å². The highest BCUT2D eigenvalue weighted by Gasteiger charge is 2.23. The van der Waals surface area contributed by atoms with Gasteiger partial charge in [-0.05, 0) is 53.8 Å². The van der Waals surface area contributed by atoms with Crippen molar-refractivity contribution < 1.29 is 14.2 Å². The molecule has 134 valence electrons. The third kappa shape index (κ3) is 3.90. The van der Waals surface area contributed by atoms with Crippen LogP contribution in [0.2, 0.25) is 0 Å². The fourth-order valence-corrected chi connectivity index (χ4v) is 3.27. The maximum Gasteiger partial charge on any atom is 0.161 e. The Morgan fingerprint density at radius 1 is 1.04 bits per heavy atom. The van der Waals surface area contributed by atoms with E-state index in [-0.39, 0.29) is 6.04 Å². The number of ether oxygens (including phenoxy) is 3. The molecule has 3 rings (SSSR count). The molecule has 1 atom stereocenters. The molecule has 4 heteroatoms. The second-order valence-electron chi connectivity index (χ2n) is 6.31. The molecule has 0 saturated carbocycles. The first-order chi connectivity index (χ1) is 12.3. The summed E-state index contributed by atoms with van der Waals surface area (Å²) in [4.78, 5) is 0. The molecule has 0 spiro atoms. The highest BCUT2D eigenvalue weighted by atomic mass is 16.5. The van der Waals surface area contributed by atoms with Gasteiger partial charge in [-0.25, -0.2) is 0 Å². The lowest BCUT2D eigenvalue weighted by Gasteiger charge is -2.28. The minimum atomic E-state index is 0.160. The largest absolute Gasteiger partial charge is 0.494 e. The molecule has 0 saturated heterocycles. The molecular weight excluding hydrogens is 314 g/mol. The van der Waals surface area contributed by atoms with Crippen molar-refractivity contribution in [1.82, 2.24) is 5.32 Å². The van der Waals surface area contributed by atoms with Crippen LogP contribution in [0.1, 0.15) is 42.5 Å². The number of benzene rings is 2. The average molecular weight is 341 g/mol. The number of hydrogen-bond acceptors (Lipinski definition) is 4. The van der Waals surface area contributed by atoms with Gasteiger partial charge in [0.05, 0.1) is 26.9 Å². The highest BCUT2D eigenvalue weighted by Crippen LogP contribution is 2.37. The SMILES string of the molecule is CCCCOc1ccc(C2NCCc3cc(OC)c(OC)cc32)cc1. The molecule has 0 aromatic heterocycles. The smallest absolute Gasteiger partial charge is 0.161 e. The first kappa shape index (κ1) is 17.6. The Labute approximate surface area is 150 Å². The number of nitrogens with one attached hydrogen (secondary N) is 1. The maximum atomic E-state index is 5.77. The van der Waals surface area contributed by atoms with Crippen LogP contribution in [0.4, 0.5) is 0 Å². The van der Waals surface area contributed by atoms with Gasteiger partial charge in [-0.3, -0.25) is 0 Å². The average Bonchev–Trinajstić information content (AvgIpc) is 2.67. The first-order valence-electron chi connectivity index (χ1n) is 8.97. The molecule has 2 aromatic carbocycles. The maximum absolute atomic E-state index is 5.77. The quantitative estimate of drug-likeness (QED) is 0.769. The van der Waals surface area contributed by atoms with Gasteiger partial charge >= 0.3 is 0 Å². The summed E-state index contributed by atoms with van der Waals surface area (Å²) in [5.41, 5.74) is 3.80. The Morgan fingerprint density at radius 2 is 1.76 bits per heavy atom. The van der Waals surface area contributed by atoms with E-state index in [2.05, 4.69) is 48.6 Å². The topological polar surface area (TPSA) is 39.7 Å². The van der Waals surface area contributed by atoms with E-state index >= 15 is 0 Å². The summed E-state index contributed by atoms with van der Waals surface area (Å²) in [6, 6.07) is 12.8. The zero-order chi connectivity index (χ0) is 17.6. The van der Waals surface area contributed by atoms with Crippen molar-refractivity contribution >= 4 is 0 Å². The van der Waals surface area contributed by atoms with Gasteiger partial charge in [0.2, 0.25) is 0 Å². The van der Waals surface area contributed by atoms with Crippen LogP contribution < -0.4 is 19.5 Å². The lowest BCUT2D eigenvalue weighted by atomic mass is 9.89. The Hall–Kier alpha value is -2.20. The summed E-state index contributed by atoms with van der Waals surface area (Å²) in [6.07, 6.45) is 3.22. The van der Waals surface area contributed by atoms with Gasteiger partial charge in [0.25, 0.3) is 0 Å². The Balaban J connectivity index is 1.85. The van der Waals surface area contributed by atoms with Gasteiger partial charge in [-0.2, -0.15) is 0 Å². The zero-order valence-corrected chi connectivity index (χ0v) is 15.3. The molecule has 2 aromatic rings. The fraction of sp³-hybridized carbons (Fsp3) is 0.429. The molecule has 1 N–H and O–H groups in total. The molecule has 4 nitrogen and oxygen atoms in total. The van der Waals surface area contributed by atoms with E-state index in [0.717, 1.165) is 49.7 Å². The van der Waals surface area contributed by atoms with Crippen LogP contribution in [0.5, 0.6) is 17.2 Å². The van der Waals surface area contributed by atoms with Crippen LogP contribution in [0.3, 0.4) is 0 Å². The van der Waals surface area contributed by atoms with Crippen LogP contribution in [-0.2, 0) is 6.42 Å². The molecule has 0 amide bonds. The summed E-state index contributed by atoms with van der Waals surface area (Å²) in [5, 5.41) is 3.61. The predicted octanol–water partition coefficient (Wildman–Crippen LogP) is 4.12. The van der Waals surface area contributed by atoms with Crippen molar-refractivity contribution in [2.75, 3.05) is 27.4 Å². The van der Waals surface area contributed by atoms with Gasteiger partial charge in [0.1, 0.15) is 5.75 Å². The predicted molar refractivity (Wildman–Crippen MR) is 99.9 cm³/mol. The van der Waals surface area contributed by atoms with Crippen molar-refractivity contribution in [2.24, 2.45) is 0 Å². The van der Waals surface area contributed by atoms with E-state index in [1.165, 1.54) is 16.7 Å². The summed E-state index contributed by atoms with van der Waals surface area (Å²) >= 11 is 0. The van der Waals surface area contributed by atoms with Crippen molar-refractivity contribution in [3.8, 4) is 17.2 Å². The third-order valence-corrected chi connectivity index (χ3v) is 4.68. The normalized spacial score (nSPS) is 16.2. The Bertz CT molecular complexity index is 697. The first-order valence-corrected chi connectivity index (χ1v) is 8.97. The lowest BCUT2D eigenvalue weighted by Crippen LogP contribution is -2.30. The molecule has 1 heterocycles. The minimum Gasteiger partial charge on any atom is -0.494 e.